The van der Waals surface area contributed by atoms with Crippen molar-refractivity contribution in [3.05, 3.63) is 34.4 Å². The first-order chi connectivity index (χ1) is 11.6. The zero-order valence-electron chi connectivity index (χ0n) is 13.7. The molecule has 2 amide bonds. The van der Waals surface area contributed by atoms with Crippen LogP contribution >= 0.6 is 15.9 Å². The summed E-state index contributed by atoms with van der Waals surface area (Å²) in [6, 6.07) is 7.73. The standard InChI is InChI=1S/C18H22BrN3O2/c1-2-20-17(24)18(10-6-3-7-11-18)22-16(23)15-14(19)12-8-4-5-9-13(12)21-15/h4-5,8-9,21H,2-3,6-7,10-11H2,1H3,(H,20,24)(H,22,23). The van der Waals surface area contributed by atoms with Gasteiger partial charge in [0.25, 0.3) is 5.91 Å². The number of hydrogen-bond donors (Lipinski definition) is 3. The molecule has 0 saturated heterocycles. The molecule has 24 heavy (non-hydrogen) atoms. The summed E-state index contributed by atoms with van der Waals surface area (Å²) in [6.45, 7) is 2.46. The van der Waals surface area contributed by atoms with Crippen molar-refractivity contribution in [3.8, 4) is 0 Å². The maximum absolute atomic E-state index is 12.9. The van der Waals surface area contributed by atoms with Gasteiger partial charge in [0.15, 0.2) is 0 Å². The van der Waals surface area contributed by atoms with E-state index < -0.39 is 5.54 Å². The fraction of sp³-hybridized carbons (Fsp3) is 0.444. The summed E-state index contributed by atoms with van der Waals surface area (Å²) in [4.78, 5) is 28.6. The Kier molecular flexibility index (Phi) is 4.94. The second kappa shape index (κ2) is 6.97. The van der Waals surface area contributed by atoms with Crippen molar-refractivity contribution >= 4 is 38.6 Å². The molecule has 0 atom stereocenters. The average molecular weight is 392 g/mol. The molecule has 1 aliphatic rings. The van der Waals surface area contributed by atoms with E-state index in [1.54, 1.807) is 0 Å². The number of halogens is 1. The highest BCUT2D eigenvalue weighted by Gasteiger charge is 2.41. The number of carbonyl (C=O) groups is 2. The molecule has 3 N–H and O–H groups in total. The van der Waals surface area contributed by atoms with E-state index in [2.05, 4.69) is 31.5 Å². The highest BCUT2D eigenvalue weighted by Crippen LogP contribution is 2.31. The van der Waals surface area contributed by atoms with Crippen LogP contribution in [-0.4, -0.2) is 28.9 Å². The lowest BCUT2D eigenvalue weighted by molar-refractivity contribution is -0.128. The Hall–Kier alpha value is -1.82. The fourth-order valence-electron chi connectivity index (χ4n) is 3.44. The van der Waals surface area contributed by atoms with Crippen LogP contribution < -0.4 is 10.6 Å². The fourth-order valence-corrected chi connectivity index (χ4v) is 4.06. The van der Waals surface area contributed by atoms with Crippen molar-refractivity contribution in [2.75, 3.05) is 6.54 Å². The van der Waals surface area contributed by atoms with Gasteiger partial charge in [0.1, 0.15) is 11.2 Å². The second-order valence-corrected chi connectivity index (χ2v) is 7.11. The molecule has 1 saturated carbocycles. The number of H-pyrrole nitrogens is 1. The first kappa shape index (κ1) is 17.0. The van der Waals surface area contributed by atoms with Crippen LogP contribution in [0.15, 0.2) is 28.7 Å². The molecular formula is C18H22BrN3O2. The molecule has 1 aromatic carbocycles. The Morgan fingerprint density at radius 2 is 1.92 bits per heavy atom. The molecule has 0 spiro atoms. The van der Waals surface area contributed by atoms with Gasteiger partial charge in [-0.25, -0.2) is 0 Å². The first-order valence-corrected chi connectivity index (χ1v) is 9.24. The minimum absolute atomic E-state index is 0.0784. The summed E-state index contributed by atoms with van der Waals surface area (Å²) in [5, 5.41) is 6.86. The zero-order valence-corrected chi connectivity index (χ0v) is 15.3. The molecule has 2 aromatic rings. The molecule has 0 unspecified atom stereocenters. The Morgan fingerprint density at radius 1 is 1.21 bits per heavy atom. The number of nitrogens with one attached hydrogen (secondary N) is 3. The Bertz CT molecular complexity index is 763. The maximum Gasteiger partial charge on any atom is 0.269 e. The number of rotatable bonds is 4. The van der Waals surface area contributed by atoms with E-state index in [1.165, 1.54) is 0 Å². The van der Waals surface area contributed by atoms with E-state index in [1.807, 2.05) is 31.2 Å². The van der Waals surface area contributed by atoms with Gasteiger partial charge in [-0.1, -0.05) is 37.5 Å². The van der Waals surface area contributed by atoms with Crippen LogP contribution in [0.2, 0.25) is 0 Å². The number of hydrogen-bond acceptors (Lipinski definition) is 2. The van der Waals surface area contributed by atoms with Crippen molar-refractivity contribution in [2.24, 2.45) is 0 Å². The van der Waals surface area contributed by atoms with Crippen molar-refractivity contribution in [2.45, 2.75) is 44.6 Å². The van der Waals surface area contributed by atoms with E-state index in [4.69, 9.17) is 0 Å². The Balaban J connectivity index is 1.89. The number of para-hydroxylation sites is 1. The average Bonchev–Trinajstić information content (AvgIpc) is 2.93. The third kappa shape index (κ3) is 3.07. The number of carbonyl (C=O) groups excluding carboxylic acids is 2. The molecule has 6 heteroatoms. The lowest BCUT2D eigenvalue weighted by atomic mass is 9.80. The molecule has 128 valence electrons. The third-order valence-corrected chi connectivity index (χ3v) is 5.53. The normalized spacial score (nSPS) is 16.8. The van der Waals surface area contributed by atoms with Crippen molar-refractivity contribution in [1.82, 2.24) is 15.6 Å². The minimum Gasteiger partial charge on any atom is -0.354 e. The summed E-state index contributed by atoms with van der Waals surface area (Å²) in [5.74, 6) is -0.323. The topological polar surface area (TPSA) is 74.0 Å². The molecule has 3 rings (SSSR count). The lowest BCUT2D eigenvalue weighted by Gasteiger charge is -2.36. The van der Waals surface area contributed by atoms with Crippen molar-refractivity contribution < 1.29 is 9.59 Å². The molecule has 1 aromatic heterocycles. The summed E-state index contributed by atoms with van der Waals surface area (Å²) in [7, 11) is 0. The van der Waals surface area contributed by atoms with E-state index in [-0.39, 0.29) is 11.8 Å². The predicted molar refractivity (Wildman–Crippen MR) is 98.0 cm³/mol. The predicted octanol–water partition coefficient (Wildman–Crippen LogP) is 3.50. The van der Waals surface area contributed by atoms with Gasteiger partial charge in [-0.2, -0.15) is 0 Å². The van der Waals surface area contributed by atoms with Gasteiger partial charge in [-0.05, 0) is 41.8 Å². The Morgan fingerprint density at radius 3 is 2.58 bits per heavy atom. The number of amides is 2. The zero-order chi connectivity index (χ0) is 17.2. The molecule has 0 radical (unpaired) electrons. The van der Waals surface area contributed by atoms with Crippen molar-refractivity contribution in [3.63, 3.8) is 0 Å². The van der Waals surface area contributed by atoms with Crippen LogP contribution in [0, 0.1) is 0 Å². The molecular weight excluding hydrogens is 370 g/mol. The highest BCUT2D eigenvalue weighted by molar-refractivity contribution is 9.10. The minimum atomic E-state index is -0.803. The van der Waals surface area contributed by atoms with E-state index in [9.17, 15) is 9.59 Å². The maximum atomic E-state index is 12.9. The van der Waals surface area contributed by atoms with E-state index in [0.29, 0.717) is 25.1 Å². The molecule has 0 aliphatic heterocycles. The van der Waals surface area contributed by atoms with Gasteiger partial charge in [-0.3, -0.25) is 9.59 Å². The largest absolute Gasteiger partial charge is 0.354 e. The molecule has 1 aliphatic carbocycles. The van der Waals surface area contributed by atoms with E-state index >= 15 is 0 Å². The second-order valence-electron chi connectivity index (χ2n) is 6.32. The summed E-state index contributed by atoms with van der Waals surface area (Å²) < 4.78 is 0.734. The number of benzene rings is 1. The number of likely N-dealkylation sites (N-methyl/N-ethyl adjacent to an activating group) is 1. The number of aromatic amines is 1. The molecule has 5 nitrogen and oxygen atoms in total. The molecule has 1 fully saturated rings. The monoisotopic (exact) mass is 391 g/mol. The quantitative estimate of drug-likeness (QED) is 0.745. The van der Waals surface area contributed by atoms with Crippen LogP contribution in [0.5, 0.6) is 0 Å². The SMILES string of the molecule is CCNC(=O)C1(NC(=O)c2[nH]c3ccccc3c2Br)CCCCC1. The van der Waals surface area contributed by atoms with Gasteiger partial charge in [0, 0.05) is 17.4 Å². The summed E-state index contributed by atoms with van der Waals surface area (Å²) >= 11 is 3.51. The summed E-state index contributed by atoms with van der Waals surface area (Å²) in [6.07, 6.45) is 4.37. The Labute approximate surface area is 149 Å². The smallest absolute Gasteiger partial charge is 0.269 e. The first-order valence-electron chi connectivity index (χ1n) is 8.44. The number of aromatic nitrogens is 1. The lowest BCUT2D eigenvalue weighted by Crippen LogP contribution is -2.59. The van der Waals surface area contributed by atoms with Gasteiger partial charge < -0.3 is 15.6 Å². The van der Waals surface area contributed by atoms with Crippen LogP contribution in [0.3, 0.4) is 0 Å². The van der Waals surface area contributed by atoms with Gasteiger partial charge >= 0.3 is 0 Å². The highest BCUT2D eigenvalue weighted by atomic mass is 79.9. The molecule has 0 bridgehead atoms. The molecule has 1 heterocycles. The van der Waals surface area contributed by atoms with Crippen LogP contribution in [0.4, 0.5) is 0 Å². The third-order valence-electron chi connectivity index (χ3n) is 4.70. The van der Waals surface area contributed by atoms with Crippen LogP contribution in [-0.2, 0) is 4.79 Å². The van der Waals surface area contributed by atoms with Crippen LogP contribution in [0.1, 0.15) is 49.5 Å². The van der Waals surface area contributed by atoms with Gasteiger partial charge in [0.05, 0.1) is 4.47 Å². The van der Waals surface area contributed by atoms with Crippen molar-refractivity contribution in [1.29, 1.82) is 0 Å². The van der Waals surface area contributed by atoms with Crippen LogP contribution in [0.25, 0.3) is 10.9 Å². The summed E-state index contributed by atoms with van der Waals surface area (Å²) in [5.41, 5.74) is 0.554. The number of fused-ring (bicyclic) bond motifs is 1. The van der Waals surface area contributed by atoms with Gasteiger partial charge in [0.2, 0.25) is 5.91 Å². The van der Waals surface area contributed by atoms with Gasteiger partial charge in [-0.15, -0.1) is 0 Å². The van der Waals surface area contributed by atoms with E-state index in [0.717, 1.165) is 34.6 Å².